The molecule has 1 aromatic carbocycles. The first kappa shape index (κ1) is 28.5. The Kier molecular flexibility index (Phi) is 10.6. The minimum absolute atomic E-state index is 0.00783. The first-order valence-electron chi connectivity index (χ1n) is 9.48. The van der Waals surface area contributed by atoms with Crippen LogP contribution in [0.1, 0.15) is 24.5 Å². The van der Waals surface area contributed by atoms with Gasteiger partial charge in [0.05, 0.1) is 6.42 Å². The van der Waals surface area contributed by atoms with Crippen molar-refractivity contribution >= 4 is 34.2 Å². The summed E-state index contributed by atoms with van der Waals surface area (Å²) in [5.74, 6) is -0.522. The molecular formula is C22H22F3NO7S. The summed E-state index contributed by atoms with van der Waals surface area (Å²) in [5.41, 5.74) is -3.25. The van der Waals surface area contributed by atoms with Crippen molar-refractivity contribution in [3.63, 3.8) is 0 Å². The van der Waals surface area contributed by atoms with Gasteiger partial charge in [0.2, 0.25) is 0 Å². The molecule has 0 aliphatic carbocycles. The predicted molar refractivity (Wildman–Crippen MR) is 115 cm³/mol. The van der Waals surface area contributed by atoms with E-state index in [2.05, 4.69) is 6.58 Å². The summed E-state index contributed by atoms with van der Waals surface area (Å²) in [6, 6.07) is 11.2. The maximum atomic E-state index is 11.7. The van der Waals surface area contributed by atoms with E-state index < -0.39 is 27.6 Å². The van der Waals surface area contributed by atoms with Gasteiger partial charge in [0.1, 0.15) is 19.4 Å². The fourth-order valence-electron chi connectivity index (χ4n) is 2.00. The van der Waals surface area contributed by atoms with E-state index in [0.29, 0.717) is 11.3 Å². The Bertz CT molecular complexity index is 1120. The maximum Gasteiger partial charge on any atom is 0.485 e. The van der Waals surface area contributed by atoms with Gasteiger partial charge in [0.15, 0.2) is 22.5 Å². The van der Waals surface area contributed by atoms with Gasteiger partial charge in [-0.1, -0.05) is 30.9 Å². The van der Waals surface area contributed by atoms with Crippen LogP contribution in [0.15, 0.2) is 60.9 Å². The van der Waals surface area contributed by atoms with E-state index in [-0.39, 0.29) is 13.0 Å². The molecule has 2 rings (SSSR count). The van der Waals surface area contributed by atoms with Gasteiger partial charge in [0.25, 0.3) is 0 Å². The van der Waals surface area contributed by atoms with Gasteiger partial charge in [-0.05, 0) is 30.2 Å². The molecule has 0 spiro atoms. The monoisotopic (exact) mass is 501 g/mol. The molecule has 184 valence electrons. The van der Waals surface area contributed by atoms with Gasteiger partial charge in [-0.25, -0.2) is 17.8 Å². The van der Waals surface area contributed by atoms with Gasteiger partial charge in [0, 0.05) is 17.7 Å². The number of esters is 2. The first-order valence-corrected chi connectivity index (χ1v) is 10.9. The molecule has 0 saturated heterocycles. The third-order valence-electron chi connectivity index (χ3n) is 3.76. The zero-order valence-corrected chi connectivity index (χ0v) is 19.1. The predicted octanol–water partition coefficient (Wildman–Crippen LogP) is 3.15. The number of carbonyl (C=O) groups is 2. The number of alkyl halides is 3. The molecule has 0 unspecified atom stereocenters. The Morgan fingerprint density at radius 1 is 1.06 bits per heavy atom. The van der Waals surface area contributed by atoms with Crippen LogP contribution in [0, 0.1) is 0 Å². The number of pyridine rings is 1. The fourth-order valence-corrected chi connectivity index (χ4v) is 2.00. The first-order chi connectivity index (χ1) is 15.7. The number of halogens is 3. The Balaban J connectivity index is 0.000000620. The highest BCUT2D eigenvalue weighted by atomic mass is 32.2. The highest BCUT2D eigenvalue weighted by molar-refractivity contribution is 7.86. The van der Waals surface area contributed by atoms with Gasteiger partial charge >= 0.3 is 17.4 Å². The van der Waals surface area contributed by atoms with Crippen molar-refractivity contribution < 1.29 is 49.8 Å². The summed E-state index contributed by atoms with van der Waals surface area (Å²) >= 11 is 0. The Labute approximate surface area is 194 Å². The van der Waals surface area contributed by atoms with Crippen LogP contribution < -0.4 is 9.30 Å². The zero-order valence-electron chi connectivity index (χ0n) is 18.2. The lowest BCUT2D eigenvalue weighted by Crippen LogP contribution is -2.25. The van der Waals surface area contributed by atoms with Gasteiger partial charge in [-0.2, -0.15) is 13.2 Å². The quantitative estimate of drug-likeness (QED) is 0.143. The second-order valence-electron chi connectivity index (χ2n) is 6.74. The molecule has 0 fully saturated rings. The molecule has 0 bridgehead atoms. The molecule has 2 aromatic rings. The van der Waals surface area contributed by atoms with E-state index >= 15 is 0 Å². The molecule has 1 aromatic heterocycles. The van der Waals surface area contributed by atoms with Crippen molar-refractivity contribution in [3.05, 3.63) is 72.1 Å². The number of ether oxygens (including phenoxy) is 2. The van der Waals surface area contributed by atoms with Crippen LogP contribution in [-0.4, -0.2) is 37.0 Å². The second kappa shape index (κ2) is 12.7. The van der Waals surface area contributed by atoms with Gasteiger partial charge in [-0.15, -0.1) is 0 Å². The van der Waals surface area contributed by atoms with E-state index in [4.69, 9.17) is 22.4 Å². The third-order valence-corrected chi connectivity index (χ3v) is 4.32. The van der Waals surface area contributed by atoms with Crippen molar-refractivity contribution in [3.8, 4) is 5.75 Å². The lowest BCUT2D eigenvalue weighted by atomic mass is 10.1. The van der Waals surface area contributed by atoms with E-state index in [0.717, 1.165) is 11.1 Å². The molecule has 1 heterocycles. The molecule has 0 atom stereocenters. The molecule has 0 aliphatic heterocycles. The number of rotatable bonds is 7. The Morgan fingerprint density at radius 2 is 1.53 bits per heavy atom. The molecule has 0 radical (unpaired) electrons. The summed E-state index contributed by atoms with van der Waals surface area (Å²) in [6.45, 7) is 4.99. The van der Waals surface area contributed by atoms with E-state index in [9.17, 15) is 22.8 Å². The van der Waals surface area contributed by atoms with Crippen LogP contribution in [0.3, 0.4) is 0 Å². The van der Waals surface area contributed by atoms with Crippen LogP contribution in [0.4, 0.5) is 13.2 Å². The van der Waals surface area contributed by atoms with Crippen LogP contribution in [0.5, 0.6) is 5.75 Å². The molecule has 0 aliphatic rings. The van der Waals surface area contributed by atoms with Gasteiger partial charge in [-0.3, -0.25) is 4.79 Å². The maximum absolute atomic E-state index is 11.7. The molecule has 34 heavy (non-hydrogen) atoms. The van der Waals surface area contributed by atoms with Crippen LogP contribution in [0.25, 0.3) is 12.2 Å². The minimum Gasteiger partial charge on any atom is -0.741 e. The zero-order chi connectivity index (χ0) is 25.9. The lowest BCUT2D eigenvalue weighted by molar-refractivity contribution is -0.671. The number of aromatic nitrogens is 1. The summed E-state index contributed by atoms with van der Waals surface area (Å²) < 4.78 is 70.9. The molecule has 0 N–H and O–H groups in total. The summed E-state index contributed by atoms with van der Waals surface area (Å²) in [7, 11) is -4.12. The van der Waals surface area contributed by atoms with Crippen molar-refractivity contribution in [2.75, 3.05) is 6.61 Å². The highest BCUT2D eigenvalue weighted by Crippen LogP contribution is 2.20. The summed E-state index contributed by atoms with van der Waals surface area (Å²) in [6.07, 6.45) is 7.95. The van der Waals surface area contributed by atoms with Crippen molar-refractivity contribution in [1.29, 1.82) is 0 Å². The van der Waals surface area contributed by atoms with Crippen LogP contribution >= 0.6 is 0 Å². The lowest BCUT2D eigenvalue weighted by Gasteiger charge is -2.08. The number of carbonyl (C=O) groups excluding carboxylic acids is 2. The minimum atomic E-state index is -6.09. The van der Waals surface area contributed by atoms with Crippen LogP contribution in [-0.2, 0) is 31.5 Å². The molecule has 0 amide bonds. The smallest absolute Gasteiger partial charge is 0.485 e. The number of nitrogens with zero attached hydrogens (tertiary/aromatic N) is 1. The largest absolute Gasteiger partial charge is 0.741 e. The van der Waals surface area contributed by atoms with Crippen molar-refractivity contribution in [2.24, 2.45) is 7.05 Å². The normalized spacial score (nSPS) is 11.4. The van der Waals surface area contributed by atoms with Crippen molar-refractivity contribution in [2.45, 2.75) is 18.9 Å². The molecule has 8 nitrogen and oxygen atoms in total. The number of benzene rings is 1. The van der Waals surface area contributed by atoms with E-state index in [1.165, 1.54) is 0 Å². The highest BCUT2D eigenvalue weighted by Gasteiger charge is 2.36. The average molecular weight is 501 g/mol. The number of hydrogen-bond donors (Lipinski definition) is 0. The Hall–Kier alpha value is -3.51. The summed E-state index contributed by atoms with van der Waals surface area (Å²) in [4.78, 5) is 23.0. The Morgan fingerprint density at radius 3 is 1.97 bits per heavy atom. The third kappa shape index (κ3) is 10.9. The second-order valence-corrected chi connectivity index (χ2v) is 8.11. The standard InChI is InChI=1S/C21H22NO4.CHF3O3S/c1-16(2)21(24)25-15-12-20(23)26-19-8-6-17(7-9-19)4-5-18-10-13-22(3)14-11-18;2-1(3,4)8(5,6)7/h4-11,13-14H,1,12,15H2,2-3H3;(H,5,6,7)/q+1;/p-1. The SMILES string of the molecule is C=C(C)C(=O)OCCC(=O)Oc1ccc(C=Cc2cc[n+](C)cc2)cc1.O=S(=O)([O-])C(F)(F)F. The summed E-state index contributed by atoms with van der Waals surface area (Å²) in [5, 5.41) is 0. The average Bonchev–Trinajstić information content (AvgIpc) is 2.73. The van der Waals surface area contributed by atoms with E-state index in [1.54, 1.807) is 19.1 Å². The van der Waals surface area contributed by atoms with Crippen LogP contribution in [0.2, 0.25) is 0 Å². The molecule has 0 saturated carbocycles. The molecule has 12 heteroatoms. The fraction of sp³-hybridized carbons (Fsp3) is 0.227. The van der Waals surface area contributed by atoms with E-state index in [1.807, 2.05) is 60.4 Å². The topological polar surface area (TPSA) is 114 Å². The van der Waals surface area contributed by atoms with Gasteiger partial charge < -0.3 is 14.0 Å². The molecular weight excluding hydrogens is 479 g/mol. The number of hydrogen-bond acceptors (Lipinski definition) is 7. The van der Waals surface area contributed by atoms with Crippen molar-refractivity contribution in [1.82, 2.24) is 0 Å². The number of aryl methyl sites for hydroxylation is 1.